The molecule has 0 saturated carbocycles. The van der Waals surface area contributed by atoms with E-state index in [0.29, 0.717) is 19.4 Å². The first-order valence-corrected chi connectivity index (χ1v) is 23.1. The number of nitrogens with zero attached hydrogens (tertiary/aromatic N) is 1. The van der Waals surface area contributed by atoms with Crippen molar-refractivity contribution in [1.29, 1.82) is 0 Å². The molecular weight excluding hydrogens is 647 g/mol. The maximum Gasteiger partial charge on any atom is 0.306 e. The first-order valence-electron chi connectivity index (χ1n) is 23.1. The molecule has 6 heteroatoms. The van der Waals surface area contributed by atoms with Gasteiger partial charge in [-0.3, -0.25) is 9.59 Å². The first kappa shape index (κ1) is 55.2. The van der Waals surface area contributed by atoms with Gasteiger partial charge in [0.2, 0.25) is 0 Å². The molecule has 0 atom stereocenters. The number of aliphatic hydroxyl groups is 1. The third-order valence-electron chi connectivity index (χ3n) is 9.73. The summed E-state index contributed by atoms with van der Waals surface area (Å²) >= 11 is 0. The van der Waals surface area contributed by atoms with Gasteiger partial charge in [0, 0.05) is 19.4 Å². The molecular formula is C46H95NO5. The number of esters is 2. The zero-order valence-electron chi connectivity index (χ0n) is 36.6. The Hall–Kier alpha value is -1.14. The van der Waals surface area contributed by atoms with Crippen LogP contribution in [0.4, 0.5) is 0 Å². The summed E-state index contributed by atoms with van der Waals surface area (Å²) in [6.45, 7) is 19.1. The van der Waals surface area contributed by atoms with Gasteiger partial charge in [-0.15, -0.1) is 0 Å². The molecule has 52 heavy (non-hydrogen) atoms. The van der Waals surface area contributed by atoms with Gasteiger partial charge in [-0.1, -0.05) is 183 Å². The van der Waals surface area contributed by atoms with E-state index >= 15 is 0 Å². The average molecular weight is 742 g/mol. The van der Waals surface area contributed by atoms with Crippen LogP contribution in [0.15, 0.2) is 0 Å². The molecule has 314 valence electrons. The van der Waals surface area contributed by atoms with Crippen molar-refractivity contribution < 1.29 is 24.2 Å². The predicted octanol–water partition coefficient (Wildman–Crippen LogP) is 13.9. The fraction of sp³-hybridized carbons (Fsp3) is 0.957. The Bertz CT molecular complexity index is 653. The molecule has 0 aliphatic heterocycles. The zero-order valence-corrected chi connectivity index (χ0v) is 36.6. The lowest BCUT2D eigenvalue weighted by Crippen LogP contribution is -2.27. The van der Waals surface area contributed by atoms with Crippen molar-refractivity contribution in [2.75, 3.05) is 32.8 Å². The second-order valence-electron chi connectivity index (χ2n) is 15.0. The molecule has 0 aliphatic rings. The molecule has 0 spiro atoms. The van der Waals surface area contributed by atoms with Crippen LogP contribution < -0.4 is 0 Å². The van der Waals surface area contributed by atoms with Crippen molar-refractivity contribution in [3.8, 4) is 0 Å². The van der Waals surface area contributed by atoms with Gasteiger partial charge < -0.3 is 19.5 Å². The summed E-state index contributed by atoms with van der Waals surface area (Å²) in [5.74, 6) is -0.00424. The van der Waals surface area contributed by atoms with E-state index in [1.807, 2.05) is 0 Å². The summed E-state index contributed by atoms with van der Waals surface area (Å²) in [5, 5.41) is 9.05. The molecule has 0 radical (unpaired) electrons. The highest BCUT2D eigenvalue weighted by atomic mass is 16.5. The topological polar surface area (TPSA) is 76.1 Å². The third kappa shape index (κ3) is 48.9. The second kappa shape index (κ2) is 49.9. The predicted molar refractivity (Wildman–Crippen MR) is 227 cm³/mol. The molecule has 0 saturated heterocycles. The number of hydrogen-bond donors (Lipinski definition) is 1. The molecule has 0 fully saturated rings. The molecule has 0 aromatic rings. The van der Waals surface area contributed by atoms with Crippen molar-refractivity contribution in [2.45, 2.75) is 254 Å². The Morgan fingerprint density at radius 2 is 0.865 bits per heavy atom. The standard InChI is InChI=1S/C29H59NO3.C11H22O2.C6H14/c1-4-7-9-11-14-18-22-28(23-19-15-12-10-8-5-2)33-29(32)24-20-16-13-17-21-25-30(6-3)26-27-31;1-3-5-7-8-10-13-11(12)9-6-4-2;1-3-5-6-4-2/h28,31H,4-27H2,1-3H3;3-10H2,1-2H3;3-6H2,1-2H3. The normalized spacial score (nSPS) is 10.9. The van der Waals surface area contributed by atoms with Crippen LogP contribution in [0.1, 0.15) is 248 Å². The average Bonchev–Trinajstić information content (AvgIpc) is 3.15. The molecule has 0 aromatic heterocycles. The third-order valence-corrected chi connectivity index (χ3v) is 9.73. The number of likely N-dealkylation sites (N-methyl/N-ethyl adjacent to an activating group) is 1. The fourth-order valence-corrected chi connectivity index (χ4v) is 6.12. The maximum atomic E-state index is 12.4. The molecule has 0 amide bonds. The number of ether oxygens (including phenoxy) is 2. The van der Waals surface area contributed by atoms with E-state index in [-0.39, 0.29) is 24.6 Å². The fourth-order valence-electron chi connectivity index (χ4n) is 6.12. The summed E-state index contributed by atoms with van der Waals surface area (Å²) < 4.78 is 11.0. The number of carbonyl (C=O) groups excluding carboxylic acids is 2. The van der Waals surface area contributed by atoms with Crippen LogP contribution in [0.25, 0.3) is 0 Å². The summed E-state index contributed by atoms with van der Waals surface area (Å²) in [5.41, 5.74) is 0. The van der Waals surface area contributed by atoms with Crippen molar-refractivity contribution in [3.05, 3.63) is 0 Å². The molecule has 1 N–H and O–H groups in total. The number of unbranched alkanes of at least 4 members (excludes halogenated alkanes) is 21. The van der Waals surface area contributed by atoms with Crippen LogP contribution in [0.2, 0.25) is 0 Å². The Labute approximate surface area is 326 Å². The Morgan fingerprint density at radius 3 is 1.35 bits per heavy atom. The Balaban J connectivity index is -0.00000103. The first-order chi connectivity index (χ1) is 25.4. The van der Waals surface area contributed by atoms with Crippen molar-refractivity contribution in [2.24, 2.45) is 0 Å². The summed E-state index contributed by atoms with van der Waals surface area (Å²) in [4.78, 5) is 25.7. The van der Waals surface area contributed by atoms with Gasteiger partial charge in [-0.05, 0) is 64.5 Å². The van der Waals surface area contributed by atoms with Gasteiger partial charge in [0.1, 0.15) is 6.10 Å². The largest absolute Gasteiger partial charge is 0.466 e. The van der Waals surface area contributed by atoms with E-state index in [1.165, 1.54) is 141 Å². The van der Waals surface area contributed by atoms with E-state index < -0.39 is 0 Å². The molecule has 0 aromatic carbocycles. The van der Waals surface area contributed by atoms with E-state index in [4.69, 9.17) is 14.6 Å². The van der Waals surface area contributed by atoms with E-state index in [0.717, 1.165) is 64.6 Å². The minimum atomic E-state index is -0.0293. The van der Waals surface area contributed by atoms with Crippen LogP contribution in [0, 0.1) is 0 Å². The minimum absolute atomic E-state index is 0.0251. The monoisotopic (exact) mass is 742 g/mol. The molecule has 0 unspecified atom stereocenters. The highest BCUT2D eigenvalue weighted by molar-refractivity contribution is 5.69. The summed E-state index contributed by atoms with van der Waals surface area (Å²) in [7, 11) is 0. The minimum Gasteiger partial charge on any atom is -0.466 e. The summed E-state index contributed by atoms with van der Waals surface area (Å²) in [6, 6.07) is 0. The van der Waals surface area contributed by atoms with E-state index in [2.05, 4.69) is 53.4 Å². The van der Waals surface area contributed by atoms with Crippen molar-refractivity contribution in [1.82, 2.24) is 4.90 Å². The van der Waals surface area contributed by atoms with Gasteiger partial charge in [0.25, 0.3) is 0 Å². The molecule has 6 nitrogen and oxygen atoms in total. The van der Waals surface area contributed by atoms with Gasteiger partial charge in [-0.2, -0.15) is 0 Å². The van der Waals surface area contributed by atoms with Crippen LogP contribution in [-0.4, -0.2) is 60.9 Å². The molecule has 0 rings (SSSR count). The van der Waals surface area contributed by atoms with E-state index in [9.17, 15) is 9.59 Å². The number of rotatable bonds is 37. The lowest BCUT2D eigenvalue weighted by atomic mass is 10.0. The van der Waals surface area contributed by atoms with Gasteiger partial charge >= 0.3 is 11.9 Å². The SMILES string of the molecule is CCCCCC.CCCCCCCCC(CCCCCCCC)OC(=O)CCCCCCCN(CC)CCO.CCCCCCOC(=O)CCCC. The molecule has 0 aliphatic carbocycles. The maximum absolute atomic E-state index is 12.4. The highest BCUT2D eigenvalue weighted by Crippen LogP contribution is 2.18. The molecule has 0 heterocycles. The number of carbonyl (C=O) groups is 2. The van der Waals surface area contributed by atoms with Crippen molar-refractivity contribution >= 4 is 11.9 Å². The zero-order chi connectivity index (χ0) is 39.2. The Morgan fingerprint density at radius 1 is 0.462 bits per heavy atom. The van der Waals surface area contributed by atoms with Crippen LogP contribution in [0.5, 0.6) is 0 Å². The lowest BCUT2D eigenvalue weighted by Gasteiger charge is -2.19. The van der Waals surface area contributed by atoms with E-state index in [1.54, 1.807) is 0 Å². The summed E-state index contributed by atoms with van der Waals surface area (Å²) in [6.07, 6.45) is 36.8. The van der Waals surface area contributed by atoms with Crippen LogP contribution in [-0.2, 0) is 19.1 Å². The van der Waals surface area contributed by atoms with Crippen molar-refractivity contribution in [3.63, 3.8) is 0 Å². The quantitative estimate of drug-likeness (QED) is 0.0505. The van der Waals surface area contributed by atoms with Crippen LogP contribution in [0.3, 0.4) is 0 Å². The second-order valence-corrected chi connectivity index (χ2v) is 15.0. The number of hydrogen-bond acceptors (Lipinski definition) is 6. The smallest absolute Gasteiger partial charge is 0.306 e. The van der Waals surface area contributed by atoms with Gasteiger partial charge in [-0.25, -0.2) is 0 Å². The van der Waals surface area contributed by atoms with Gasteiger partial charge in [0.15, 0.2) is 0 Å². The number of aliphatic hydroxyl groups excluding tert-OH is 1. The lowest BCUT2D eigenvalue weighted by molar-refractivity contribution is -0.150. The molecule has 0 bridgehead atoms. The highest BCUT2D eigenvalue weighted by Gasteiger charge is 2.14. The van der Waals surface area contributed by atoms with Gasteiger partial charge in [0.05, 0.1) is 13.2 Å². The Kier molecular flexibility index (Phi) is 52.9. The van der Waals surface area contributed by atoms with Crippen LogP contribution >= 0.6 is 0 Å².